The average molecular weight is 439 g/mol. The summed E-state index contributed by atoms with van der Waals surface area (Å²) in [6, 6.07) is 7.73. The molecular weight excluding hydrogens is 416 g/mol. The Morgan fingerprint density at radius 3 is 2.65 bits per heavy atom. The molecule has 4 heterocycles. The van der Waals surface area contributed by atoms with Gasteiger partial charge in [-0.3, -0.25) is 4.68 Å². The monoisotopic (exact) mass is 438 g/mol. The second kappa shape index (κ2) is 8.12. The number of rotatable bonds is 5. The Labute approximate surface area is 183 Å². The van der Waals surface area contributed by atoms with Gasteiger partial charge in [-0.2, -0.15) is 5.10 Å². The Bertz CT molecular complexity index is 1210. The number of aromatic nitrogens is 5. The van der Waals surface area contributed by atoms with Crippen molar-refractivity contribution in [3.05, 3.63) is 36.2 Å². The van der Waals surface area contributed by atoms with Gasteiger partial charge >= 0.3 is 0 Å². The van der Waals surface area contributed by atoms with Crippen molar-refractivity contribution in [3.63, 3.8) is 0 Å². The third-order valence-electron chi connectivity index (χ3n) is 5.23. The van der Waals surface area contributed by atoms with Gasteiger partial charge in [0, 0.05) is 37.5 Å². The second-order valence-electron chi connectivity index (χ2n) is 7.18. The number of benzene rings is 1. The number of hydrogen-bond acceptors (Lipinski definition) is 9. The minimum absolute atomic E-state index is 0.446. The summed E-state index contributed by atoms with van der Waals surface area (Å²) in [7, 11) is 3.54. The van der Waals surface area contributed by atoms with Crippen LogP contribution < -0.4 is 9.64 Å². The van der Waals surface area contributed by atoms with E-state index in [-0.39, 0.29) is 0 Å². The fourth-order valence-electron chi connectivity index (χ4n) is 3.58. The summed E-state index contributed by atoms with van der Waals surface area (Å²) in [4.78, 5) is 7.83. The first-order valence-corrected chi connectivity index (χ1v) is 10.8. The van der Waals surface area contributed by atoms with E-state index in [1.807, 2.05) is 38.2 Å². The zero-order valence-electron chi connectivity index (χ0n) is 17.5. The number of anilines is 1. The number of methoxy groups -OCH3 is 1. The first-order chi connectivity index (χ1) is 15.1. The van der Waals surface area contributed by atoms with E-state index in [1.54, 1.807) is 29.3 Å². The number of thiazole rings is 1. The predicted octanol–water partition coefficient (Wildman–Crippen LogP) is 3.41. The highest BCUT2D eigenvalue weighted by Gasteiger charge is 2.22. The van der Waals surface area contributed by atoms with Crippen LogP contribution in [0.15, 0.2) is 34.9 Å². The SMILES string of the molecule is COc1ccc(-c2nnc(-c3sc(N4CCOCC4)nc3C)o2)cc1-c1ccnn1C. The predicted molar refractivity (Wildman–Crippen MR) is 117 cm³/mol. The second-order valence-corrected chi connectivity index (χ2v) is 8.16. The van der Waals surface area contributed by atoms with Crippen LogP contribution in [0.4, 0.5) is 5.13 Å². The molecule has 31 heavy (non-hydrogen) atoms. The van der Waals surface area contributed by atoms with Crippen molar-refractivity contribution < 1.29 is 13.9 Å². The number of morpholine rings is 1. The topological polar surface area (TPSA) is 91.3 Å². The molecule has 0 unspecified atom stereocenters. The van der Waals surface area contributed by atoms with Crippen molar-refractivity contribution in [3.8, 4) is 39.2 Å². The molecular formula is C21H22N6O3S. The largest absolute Gasteiger partial charge is 0.496 e. The number of nitrogens with zero attached hydrogens (tertiary/aromatic N) is 6. The molecule has 160 valence electrons. The highest BCUT2D eigenvalue weighted by atomic mass is 32.1. The summed E-state index contributed by atoms with van der Waals surface area (Å²) in [6.45, 7) is 5.08. The van der Waals surface area contributed by atoms with Crippen molar-refractivity contribution in [2.24, 2.45) is 7.05 Å². The van der Waals surface area contributed by atoms with Gasteiger partial charge in [0.2, 0.25) is 5.89 Å². The summed E-state index contributed by atoms with van der Waals surface area (Å²) in [6.07, 6.45) is 1.75. The first kappa shape index (κ1) is 19.7. The Morgan fingerprint density at radius 1 is 1.10 bits per heavy atom. The van der Waals surface area contributed by atoms with Crippen molar-refractivity contribution in [2.75, 3.05) is 38.3 Å². The fourth-order valence-corrected chi connectivity index (χ4v) is 4.62. The lowest BCUT2D eigenvalue weighted by Crippen LogP contribution is -2.36. The summed E-state index contributed by atoms with van der Waals surface area (Å²) in [5.74, 6) is 1.67. The van der Waals surface area contributed by atoms with Gasteiger partial charge < -0.3 is 18.8 Å². The molecule has 1 aliphatic rings. The van der Waals surface area contributed by atoms with Gasteiger partial charge in [-0.25, -0.2) is 4.98 Å². The molecule has 0 saturated carbocycles. The van der Waals surface area contributed by atoms with Gasteiger partial charge in [0.15, 0.2) is 5.13 Å². The van der Waals surface area contributed by atoms with Gasteiger partial charge in [0.05, 0.1) is 31.7 Å². The number of ether oxygens (including phenoxy) is 2. The number of aryl methyl sites for hydroxylation is 2. The van der Waals surface area contributed by atoms with E-state index in [4.69, 9.17) is 18.9 Å². The molecule has 0 bridgehead atoms. The van der Waals surface area contributed by atoms with Gasteiger partial charge in [-0.05, 0) is 31.2 Å². The minimum Gasteiger partial charge on any atom is -0.496 e. The van der Waals surface area contributed by atoms with E-state index in [1.165, 1.54) is 0 Å². The molecule has 1 aromatic carbocycles. The maximum absolute atomic E-state index is 6.06. The smallest absolute Gasteiger partial charge is 0.260 e. The van der Waals surface area contributed by atoms with Gasteiger partial charge in [-0.1, -0.05) is 11.3 Å². The average Bonchev–Trinajstić information content (AvgIpc) is 3.53. The van der Waals surface area contributed by atoms with Crippen LogP contribution >= 0.6 is 11.3 Å². The summed E-state index contributed by atoms with van der Waals surface area (Å²) in [5.41, 5.74) is 3.54. The maximum atomic E-state index is 6.06. The molecule has 0 aliphatic carbocycles. The zero-order chi connectivity index (χ0) is 21.4. The van der Waals surface area contributed by atoms with Crippen molar-refractivity contribution in [1.82, 2.24) is 25.0 Å². The van der Waals surface area contributed by atoms with Gasteiger partial charge in [-0.15, -0.1) is 10.2 Å². The molecule has 0 N–H and O–H groups in total. The molecule has 4 aromatic rings. The quantitative estimate of drug-likeness (QED) is 0.468. The van der Waals surface area contributed by atoms with E-state index in [0.717, 1.165) is 64.6 Å². The van der Waals surface area contributed by atoms with Crippen molar-refractivity contribution >= 4 is 16.5 Å². The summed E-state index contributed by atoms with van der Waals surface area (Å²) < 4.78 is 18.8. The van der Waals surface area contributed by atoms with E-state index >= 15 is 0 Å². The highest BCUT2D eigenvalue weighted by molar-refractivity contribution is 7.19. The molecule has 0 atom stereocenters. The number of hydrogen-bond donors (Lipinski definition) is 0. The zero-order valence-corrected chi connectivity index (χ0v) is 18.3. The van der Waals surface area contributed by atoms with Crippen LogP contribution in [-0.4, -0.2) is 58.4 Å². The standard InChI is InChI=1S/C21H22N6O3S/c1-13-18(31-21(23-13)27-8-10-29-11-9-27)20-25-24-19(30-20)14-4-5-17(28-3)15(12-14)16-6-7-22-26(16)2/h4-7,12H,8-11H2,1-3H3. The molecule has 9 nitrogen and oxygen atoms in total. The van der Waals surface area contributed by atoms with Gasteiger partial charge in [0.25, 0.3) is 5.89 Å². The normalized spacial score (nSPS) is 14.2. The lowest BCUT2D eigenvalue weighted by Gasteiger charge is -2.25. The molecule has 5 rings (SSSR count). The molecule has 1 saturated heterocycles. The Kier molecular flexibility index (Phi) is 5.16. The molecule has 0 spiro atoms. The van der Waals surface area contributed by atoms with E-state index in [0.29, 0.717) is 11.8 Å². The molecule has 3 aromatic heterocycles. The van der Waals surface area contributed by atoms with Crippen LogP contribution in [0, 0.1) is 6.92 Å². The molecule has 1 aliphatic heterocycles. The first-order valence-electron chi connectivity index (χ1n) is 9.95. The van der Waals surface area contributed by atoms with Crippen LogP contribution in [-0.2, 0) is 11.8 Å². The summed E-state index contributed by atoms with van der Waals surface area (Å²) in [5, 5.41) is 13.8. The van der Waals surface area contributed by atoms with Crippen LogP contribution in [0.3, 0.4) is 0 Å². The van der Waals surface area contributed by atoms with Crippen LogP contribution in [0.2, 0.25) is 0 Å². The van der Waals surface area contributed by atoms with Gasteiger partial charge in [0.1, 0.15) is 10.6 Å². The Hall–Kier alpha value is -3.24. The van der Waals surface area contributed by atoms with E-state index in [2.05, 4.69) is 20.2 Å². The molecule has 10 heteroatoms. The highest BCUT2D eigenvalue weighted by Crippen LogP contribution is 2.37. The third kappa shape index (κ3) is 3.68. The van der Waals surface area contributed by atoms with Crippen molar-refractivity contribution in [2.45, 2.75) is 6.92 Å². The lowest BCUT2D eigenvalue weighted by molar-refractivity contribution is 0.122. The molecule has 1 fully saturated rings. The summed E-state index contributed by atoms with van der Waals surface area (Å²) >= 11 is 1.57. The minimum atomic E-state index is 0.446. The van der Waals surface area contributed by atoms with Crippen LogP contribution in [0.1, 0.15) is 5.69 Å². The van der Waals surface area contributed by atoms with Crippen LogP contribution in [0.5, 0.6) is 5.75 Å². The molecule has 0 radical (unpaired) electrons. The Morgan fingerprint density at radius 2 is 1.90 bits per heavy atom. The fraction of sp³-hybridized carbons (Fsp3) is 0.333. The van der Waals surface area contributed by atoms with Crippen LogP contribution in [0.25, 0.3) is 33.5 Å². The molecule has 0 amide bonds. The third-order valence-corrected chi connectivity index (χ3v) is 6.44. The lowest BCUT2D eigenvalue weighted by atomic mass is 10.1. The maximum Gasteiger partial charge on any atom is 0.260 e. The van der Waals surface area contributed by atoms with E-state index < -0.39 is 0 Å². The van der Waals surface area contributed by atoms with E-state index in [9.17, 15) is 0 Å². The Balaban J connectivity index is 1.48. The van der Waals surface area contributed by atoms with Crippen molar-refractivity contribution in [1.29, 1.82) is 0 Å².